The van der Waals surface area contributed by atoms with Gasteiger partial charge in [-0.2, -0.15) is 5.10 Å². The van der Waals surface area contributed by atoms with Gasteiger partial charge in [0, 0.05) is 5.69 Å². The van der Waals surface area contributed by atoms with Crippen molar-refractivity contribution in [2.45, 2.75) is 40.0 Å². The van der Waals surface area contributed by atoms with Gasteiger partial charge in [0.15, 0.2) is 0 Å². The largest absolute Gasteiger partial charge is 0.506 e. The van der Waals surface area contributed by atoms with E-state index in [1.165, 1.54) is 18.4 Å². The fourth-order valence-corrected chi connectivity index (χ4v) is 2.27. The van der Waals surface area contributed by atoms with Gasteiger partial charge < -0.3 is 5.11 Å². The number of aromatic hydroxyl groups is 1. The third kappa shape index (κ3) is 2.26. The number of phenols is 1. The van der Waals surface area contributed by atoms with Gasteiger partial charge in [0.25, 0.3) is 0 Å². The van der Waals surface area contributed by atoms with E-state index in [9.17, 15) is 5.11 Å². The fourth-order valence-electron chi connectivity index (χ4n) is 2.27. The molecule has 0 saturated heterocycles. The van der Waals surface area contributed by atoms with Crippen LogP contribution in [0.15, 0.2) is 24.3 Å². The smallest absolute Gasteiger partial charge is 0.141 e. The highest BCUT2D eigenvalue weighted by Gasteiger charge is 2.13. The minimum Gasteiger partial charge on any atom is -0.506 e. The number of hydrogen-bond acceptors (Lipinski definition) is 2. The molecule has 2 aromatic rings. The van der Waals surface area contributed by atoms with Crippen LogP contribution in [0.4, 0.5) is 0 Å². The number of aromatic nitrogens is 2. The molecule has 0 unspecified atom stereocenters. The Morgan fingerprint density at radius 2 is 1.94 bits per heavy atom. The van der Waals surface area contributed by atoms with Crippen molar-refractivity contribution >= 4 is 0 Å². The number of phenolic OH excluding ortho intramolecular Hbond substituents is 1. The summed E-state index contributed by atoms with van der Waals surface area (Å²) in [6.45, 7) is 6.30. The lowest BCUT2D eigenvalue weighted by Gasteiger charge is -2.07. The maximum atomic E-state index is 9.90. The van der Waals surface area contributed by atoms with Gasteiger partial charge in [-0.05, 0) is 44.4 Å². The average Bonchev–Trinajstić information content (AvgIpc) is 2.63. The van der Waals surface area contributed by atoms with E-state index in [-0.39, 0.29) is 5.75 Å². The lowest BCUT2D eigenvalue weighted by atomic mass is 10.1. The third-order valence-corrected chi connectivity index (χ3v) is 3.33. The van der Waals surface area contributed by atoms with Crippen LogP contribution in [0, 0.1) is 13.8 Å². The maximum absolute atomic E-state index is 9.90. The first kappa shape index (κ1) is 12.7. The molecular formula is C15H20N2O. The first-order chi connectivity index (χ1) is 8.65. The van der Waals surface area contributed by atoms with Crippen LogP contribution < -0.4 is 0 Å². The van der Waals surface area contributed by atoms with Gasteiger partial charge in [-0.25, -0.2) is 4.68 Å². The van der Waals surface area contributed by atoms with E-state index in [1.54, 1.807) is 6.07 Å². The van der Waals surface area contributed by atoms with E-state index in [0.717, 1.165) is 23.5 Å². The van der Waals surface area contributed by atoms with Crippen LogP contribution in [0.25, 0.3) is 5.69 Å². The molecule has 0 aliphatic heterocycles. The molecule has 0 aliphatic rings. The Balaban J connectivity index is 2.44. The van der Waals surface area contributed by atoms with Crippen LogP contribution in [0.3, 0.4) is 0 Å². The van der Waals surface area contributed by atoms with Crippen molar-refractivity contribution in [1.82, 2.24) is 9.78 Å². The normalized spacial score (nSPS) is 10.8. The molecular weight excluding hydrogens is 224 g/mol. The quantitative estimate of drug-likeness (QED) is 0.893. The van der Waals surface area contributed by atoms with E-state index in [4.69, 9.17) is 0 Å². The molecule has 1 aromatic carbocycles. The Kier molecular flexibility index (Phi) is 3.70. The zero-order valence-electron chi connectivity index (χ0n) is 11.3. The first-order valence-electron chi connectivity index (χ1n) is 6.48. The molecule has 1 heterocycles. The van der Waals surface area contributed by atoms with Gasteiger partial charge in [0.1, 0.15) is 11.4 Å². The number of aryl methyl sites for hydroxylation is 1. The maximum Gasteiger partial charge on any atom is 0.141 e. The van der Waals surface area contributed by atoms with Crippen molar-refractivity contribution in [3.05, 3.63) is 41.2 Å². The van der Waals surface area contributed by atoms with E-state index >= 15 is 0 Å². The summed E-state index contributed by atoms with van der Waals surface area (Å²) in [4.78, 5) is 0. The van der Waals surface area contributed by atoms with Crippen molar-refractivity contribution in [1.29, 1.82) is 0 Å². The lowest BCUT2D eigenvalue weighted by molar-refractivity contribution is 0.470. The standard InChI is InChI=1S/C15H20N2O/c1-4-5-8-13-11(2)16-17(12(13)3)14-9-6-7-10-15(14)18/h6-7,9-10,18H,4-5,8H2,1-3H3. The zero-order valence-corrected chi connectivity index (χ0v) is 11.3. The van der Waals surface area contributed by atoms with Gasteiger partial charge >= 0.3 is 0 Å². The molecule has 1 aromatic heterocycles. The average molecular weight is 244 g/mol. The second-order valence-corrected chi connectivity index (χ2v) is 4.65. The van der Waals surface area contributed by atoms with Crippen molar-refractivity contribution in [3.8, 4) is 11.4 Å². The Morgan fingerprint density at radius 3 is 2.61 bits per heavy atom. The Hall–Kier alpha value is -1.77. The number of para-hydroxylation sites is 2. The topological polar surface area (TPSA) is 38.0 Å². The highest BCUT2D eigenvalue weighted by Crippen LogP contribution is 2.25. The molecule has 3 nitrogen and oxygen atoms in total. The van der Waals surface area contributed by atoms with Crippen LogP contribution in [0.2, 0.25) is 0 Å². The number of rotatable bonds is 4. The van der Waals surface area contributed by atoms with Gasteiger partial charge in [0.05, 0.1) is 5.69 Å². The SMILES string of the molecule is CCCCc1c(C)nn(-c2ccccc2O)c1C. The molecule has 0 spiro atoms. The molecule has 0 fully saturated rings. The molecule has 1 N–H and O–H groups in total. The number of nitrogens with zero attached hydrogens (tertiary/aromatic N) is 2. The van der Waals surface area contributed by atoms with Gasteiger partial charge in [-0.3, -0.25) is 0 Å². The summed E-state index contributed by atoms with van der Waals surface area (Å²) in [7, 11) is 0. The molecule has 96 valence electrons. The van der Waals surface area contributed by atoms with Crippen molar-refractivity contribution in [2.75, 3.05) is 0 Å². The fraction of sp³-hybridized carbons (Fsp3) is 0.400. The minimum atomic E-state index is 0.269. The van der Waals surface area contributed by atoms with Crippen LogP contribution >= 0.6 is 0 Å². The molecule has 18 heavy (non-hydrogen) atoms. The van der Waals surface area contributed by atoms with Crippen LogP contribution in [-0.2, 0) is 6.42 Å². The van der Waals surface area contributed by atoms with Crippen LogP contribution in [-0.4, -0.2) is 14.9 Å². The summed E-state index contributed by atoms with van der Waals surface area (Å²) in [6, 6.07) is 7.32. The summed E-state index contributed by atoms with van der Waals surface area (Å²) in [5.41, 5.74) is 4.24. The predicted molar refractivity (Wildman–Crippen MR) is 73.3 cm³/mol. The summed E-state index contributed by atoms with van der Waals surface area (Å²) >= 11 is 0. The molecule has 3 heteroatoms. The summed E-state index contributed by atoms with van der Waals surface area (Å²) < 4.78 is 1.84. The Bertz CT molecular complexity index is 543. The van der Waals surface area contributed by atoms with E-state index in [1.807, 2.05) is 29.8 Å². The molecule has 0 bridgehead atoms. The summed E-state index contributed by atoms with van der Waals surface area (Å²) in [5, 5.41) is 14.5. The van der Waals surface area contributed by atoms with Crippen molar-refractivity contribution in [2.24, 2.45) is 0 Å². The van der Waals surface area contributed by atoms with Crippen molar-refractivity contribution < 1.29 is 5.11 Å². The van der Waals surface area contributed by atoms with E-state index in [2.05, 4.69) is 18.9 Å². The zero-order chi connectivity index (χ0) is 13.1. The first-order valence-corrected chi connectivity index (χ1v) is 6.48. The summed E-state index contributed by atoms with van der Waals surface area (Å²) in [5.74, 6) is 0.269. The Morgan fingerprint density at radius 1 is 1.22 bits per heavy atom. The second kappa shape index (κ2) is 5.25. The number of benzene rings is 1. The lowest BCUT2D eigenvalue weighted by Crippen LogP contribution is -1.99. The predicted octanol–water partition coefficient (Wildman–Crippen LogP) is 3.54. The van der Waals surface area contributed by atoms with Crippen molar-refractivity contribution in [3.63, 3.8) is 0 Å². The molecule has 0 saturated carbocycles. The highest BCUT2D eigenvalue weighted by molar-refractivity contribution is 5.47. The van der Waals surface area contributed by atoms with Crippen LogP contribution in [0.1, 0.15) is 36.7 Å². The molecule has 0 amide bonds. The van der Waals surface area contributed by atoms with Crippen LogP contribution in [0.5, 0.6) is 5.75 Å². The monoisotopic (exact) mass is 244 g/mol. The highest BCUT2D eigenvalue weighted by atomic mass is 16.3. The molecule has 0 aliphatic carbocycles. The minimum absolute atomic E-state index is 0.269. The molecule has 0 radical (unpaired) electrons. The van der Waals surface area contributed by atoms with Gasteiger partial charge in [0.2, 0.25) is 0 Å². The van der Waals surface area contributed by atoms with Gasteiger partial charge in [-0.1, -0.05) is 25.5 Å². The Labute approximate surface area is 108 Å². The second-order valence-electron chi connectivity index (χ2n) is 4.65. The number of hydrogen-bond donors (Lipinski definition) is 1. The summed E-state index contributed by atoms with van der Waals surface area (Å²) in [6.07, 6.45) is 3.41. The van der Waals surface area contributed by atoms with Gasteiger partial charge in [-0.15, -0.1) is 0 Å². The van der Waals surface area contributed by atoms with E-state index in [0.29, 0.717) is 0 Å². The van der Waals surface area contributed by atoms with E-state index < -0.39 is 0 Å². The number of unbranched alkanes of at least 4 members (excludes halogenated alkanes) is 1. The molecule has 2 rings (SSSR count). The third-order valence-electron chi connectivity index (χ3n) is 3.33. The molecule has 0 atom stereocenters.